The van der Waals surface area contributed by atoms with Crippen molar-refractivity contribution in [3.8, 4) is 16.9 Å². The molecule has 0 spiro atoms. The summed E-state index contributed by atoms with van der Waals surface area (Å²) in [5, 5.41) is 6.03. The van der Waals surface area contributed by atoms with Crippen LogP contribution < -0.4 is 15.4 Å². The molecule has 0 aliphatic carbocycles. The second kappa shape index (κ2) is 7.51. The molecule has 6 nitrogen and oxygen atoms in total. The average Bonchev–Trinajstić information content (AvgIpc) is 3.36. The van der Waals surface area contributed by atoms with Crippen LogP contribution in [0.1, 0.15) is 5.76 Å². The average molecular weight is 379 g/mol. The zero-order valence-electron chi connectivity index (χ0n) is 14.6. The third-order valence-electron chi connectivity index (χ3n) is 4.04. The molecular weight excluding hydrogens is 362 g/mol. The van der Waals surface area contributed by atoms with Crippen molar-refractivity contribution in [2.75, 3.05) is 12.4 Å². The summed E-state index contributed by atoms with van der Waals surface area (Å²) in [4.78, 5) is 16.7. The quantitative estimate of drug-likeness (QED) is 0.518. The Bertz CT molecular complexity index is 1060. The third kappa shape index (κ3) is 3.63. The lowest BCUT2D eigenvalue weighted by Crippen LogP contribution is -2.27. The van der Waals surface area contributed by atoms with E-state index in [9.17, 15) is 4.79 Å². The Hall–Kier alpha value is -3.32. The van der Waals surface area contributed by atoms with Gasteiger partial charge in [0.15, 0.2) is 5.13 Å². The Balaban J connectivity index is 1.61. The molecule has 2 heterocycles. The predicted octanol–water partition coefficient (Wildman–Crippen LogP) is 4.89. The fourth-order valence-corrected chi connectivity index (χ4v) is 3.78. The third-order valence-corrected chi connectivity index (χ3v) is 5.04. The van der Waals surface area contributed by atoms with Crippen molar-refractivity contribution in [2.45, 2.75) is 6.54 Å². The van der Waals surface area contributed by atoms with Crippen molar-refractivity contribution < 1.29 is 13.9 Å². The van der Waals surface area contributed by atoms with Gasteiger partial charge >= 0.3 is 6.03 Å². The summed E-state index contributed by atoms with van der Waals surface area (Å²) in [6.45, 7) is 0.308. The van der Waals surface area contributed by atoms with E-state index < -0.39 is 0 Å². The zero-order chi connectivity index (χ0) is 18.6. The van der Waals surface area contributed by atoms with Gasteiger partial charge in [-0.25, -0.2) is 9.78 Å². The Kier molecular flexibility index (Phi) is 4.76. The van der Waals surface area contributed by atoms with Crippen LogP contribution in [0.2, 0.25) is 0 Å². The van der Waals surface area contributed by atoms with Crippen molar-refractivity contribution >= 4 is 32.7 Å². The number of ether oxygens (including phenoxy) is 1. The van der Waals surface area contributed by atoms with Crippen LogP contribution in [0.4, 0.5) is 9.93 Å². The summed E-state index contributed by atoms with van der Waals surface area (Å²) < 4.78 is 11.6. The Morgan fingerprint density at radius 3 is 2.74 bits per heavy atom. The van der Waals surface area contributed by atoms with Crippen LogP contribution in [0.3, 0.4) is 0 Å². The molecule has 0 saturated carbocycles. The van der Waals surface area contributed by atoms with Crippen molar-refractivity contribution in [1.82, 2.24) is 10.3 Å². The zero-order valence-corrected chi connectivity index (χ0v) is 15.4. The lowest BCUT2D eigenvalue weighted by Gasteiger charge is -2.05. The molecule has 0 saturated heterocycles. The maximum absolute atomic E-state index is 12.2. The van der Waals surface area contributed by atoms with Crippen molar-refractivity contribution in [3.05, 3.63) is 66.6 Å². The first-order chi connectivity index (χ1) is 13.2. The van der Waals surface area contributed by atoms with Crippen molar-refractivity contribution in [1.29, 1.82) is 0 Å². The van der Waals surface area contributed by atoms with Gasteiger partial charge in [-0.2, -0.15) is 0 Å². The predicted molar refractivity (Wildman–Crippen MR) is 106 cm³/mol. The second-order valence-corrected chi connectivity index (χ2v) is 6.76. The van der Waals surface area contributed by atoms with Gasteiger partial charge in [0.05, 0.1) is 24.6 Å². The molecule has 2 amide bonds. The maximum Gasteiger partial charge on any atom is 0.321 e. The van der Waals surface area contributed by atoms with Gasteiger partial charge in [-0.15, -0.1) is 0 Å². The number of carbonyl (C=O) groups excluding carboxylic acids is 1. The SMILES string of the molecule is COc1ccc(-c2ccccc2)c2sc(NC(=O)NCc3ccco3)nc12. The number of furan rings is 1. The Morgan fingerprint density at radius 2 is 2.00 bits per heavy atom. The standard InChI is InChI=1S/C20H17N3O3S/c1-25-16-10-9-15(13-6-3-2-4-7-13)18-17(16)22-20(27-18)23-19(24)21-12-14-8-5-11-26-14/h2-11H,12H2,1H3,(H2,21,22,23,24). The first kappa shape index (κ1) is 17.1. The van der Waals surface area contributed by atoms with Gasteiger partial charge in [-0.3, -0.25) is 5.32 Å². The number of fused-ring (bicyclic) bond motifs is 1. The minimum absolute atomic E-state index is 0.308. The molecule has 27 heavy (non-hydrogen) atoms. The second-order valence-electron chi connectivity index (χ2n) is 5.77. The number of amides is 2. The van der Waals surface area contributed by atoms with Crippen molar-refractivity contribution in [3.63, 3.8) is 0 Å². The Morgan fingerprint density at radius 1 is 1.15 bits per heavy atom. The molecule has 2 aromatic heterocycles. The molecule has 4 aromatic rings. The number of hydrogen-bond donors (Lipinski definition) is 2. The summed E-state index contributed by atoms with van der Waals surface area (Å²) in [7, 11) is 1.61. The number of carbonyl (C=O) groups is 1. The Labute approximate surface area is 159 Å². The monoisotopic (exact) mass is 379 g/mol. The number of nitrogens with zero attached hydrogens (tertiary/aromatic N) is 1. The van der Waals surface area contributed by atoms with Gasteiger partial charge in [0, 0.05) is 5.56 Å². The number of benzene rings is 2. The summed E-state index contributed by atoms with van der Waals surface area (Å²) in [6, 6.07) is 17.2. The van der Waals surface area contributed by atoms with E-state index >= 15 is 0 Å². The fraction of sp³-hybridized carbons (Fsp3) is 0.100. The lowest BCUT2D eigenvalue weighted by atomic mass is 10.1. The molecule has 2 N–H and O–H groups in total. The van der Waals surface area contributed by atoms with E-state index in [1.54, 1.807) is 25.5 Å². The van der Waals surface area contributed by atoms with E-state index in [0.29, 0.717) is 23.2 Å². The highest BCUT2D eigenvalue weighted by atomic mass is 32.1. The van der Waals surface area contributed by atoms with Crippen LogP contribution in [0.15, 0.2) is 65.3 Å². The lowest BCUT2D eigenvalue weighted by molar-refractivity contribution is 0.251. The van der Waals surface area contributed by atoms with Crippen LogP contribution in [0.25, 0.3) is 21.3 Å². The van der Waals surface area contributed by atoms with Gasteiger partial charge in [0.1, 0.15) is 17.0 Å². The number of rotatable bonds is 5. The van der Waals surface area contributed by atoms with Crippen LogP contribution in [-0.2, 0) is 6.54 Å². The molecule has 0 unspecified atom stereocenters. The van der Waals surface area contributed by atoms with E-state index in [0.717, 1.165) is 21.3 Å². The highest BCUT2D eigenvalue weighted by molar-refractivity contribution is 7.23. The molecule has 7 heteroatoms. The minimum Gasteiger partial charge on any atom is -0.494 e. The molecule has 0 bridgehead atoms. The summed E-state index contributed by atoms with van der Waals surface area (Å²) in [6.07, 6.45) is 1.57. The first-order valence-corrected chi connectivity index (χ1v) is 9.16. The topological polar surface area (TPSA) is 76.4 Å². The van der Waals surface area contributed by atoms with Crippen LogP contribution >= 0.6 is 11.3 Å². The van der Waals surface area contributed by atoms with Gasteiger partial charge < -0.3 is 14.5 Å². The van der Waals surface area contributed by atoms with E-state index in [4.69, 9.17) is 9.15 Å². The molecule has 136 valence electrons. The number of urea groups is 1. The molecule has 0 fully saturated rings. The van der Waals surface area contributed by atoms with Crippen LogP contribution in [-0.4, -0.2) is 18.1 Å². The van der Waals surface area contributed by atoms with Gasteiger partial charge in [0.2, 0.25) is 0 Å². The van der Waals surface area contributed by atoms with Gasteiger partial charge in [-0.05, 0) is 29.8 Å². The minimum atomic E-state index is -0.342. The molecular formula is C20H17N3O3S. The van der Waals surface area contributed by atoms with Crippen molar-refractivity contribution in [2.24, 2.45) is 0 Å². The number of hydrogen-bond acceptors (Lipinski definition) is 5. The molecule has 0 aliphatic rings. The van der Waals surface area contributed by atoms with Crippen LogP contribution in [0, 0.1) is 0 Å². The number of thiazole rings is 1. The van der Waals surface area contributed by atoms with E-state index in [1.807, 2.05) is 42.5 Å². The first-order valence-electron chi connectivity index (χ1n) is 8.35. The maximum atomic E-state index is 12.2. The molecule has 2 aromatic carbocycles. The summed E-state index contributed by atoms with van der Waals surface area (Å²) >= 11 is 1.41. The molecule has 0 atom stereocenters. The number of nitrogens with one attached hydrogen (secondary N) is 2. The molecule has 0 aliphatic heterocycles. The van der Waals surface area contributed by atoms with Gasteiger partial charge in [0.25, 0.3) is 0 Å². The smallest absolute Gasteiger partial charge is 0.321 e. The fourth-order valence-electron chi connectivity index (χ4n) is 2.77. The number of anilines is 1. The molecule has 4 rings (SSSR count). The number of methoxy groups -OCH3 is 1. The highest BCUT2D eigenvalue weighted by Crippen LogP contribution is 2.39. The largest absolute Gasteiger partial charge is 0.494 e. The van der Waals surface area contributed by atoms with E-state index in [2.05, 4.69) is 15.6 Å². The summed E-state index contributed by atoms with van der Waals surface area (Å²) in [5.74, 6) is 1.35. The highest BCUT2D eigenvalue weighted by Gasteiger charge is 2.15. The van der Waals surface area contributed by atoms with Gasteiger partial charge in [-0.1, -0.05) is 41.7 Å². The van der Waals surface area contributed by atoms with Crippen LogP contribution in [0.5, 0.6) is 5.75 Å². The summed E-state index contributed by atoms with van der Waals surface area (Å²) in [5.41, 5.74) is 2.86. The normalized spacial score (nSPS) is 10.7. The van der Waals surface area contributed by atoms with E-state index in [-0.39, 0.29) is 6.03 Å². The molecule has 0 radical (unpaired) electrons. The van der Waals surface area contributed by atoms with E-state index in [1.165, 1.54) is 11.3 Å². The number of aromatic nitrogens is 1.